The molecule has 2 fully saturated rings. The van der Waals surface area contributed by atoms with Gasteiger partial charge in [-0.2, -0.15) is 0 Å². The molecule has 0 unspecified atom stereocenters. The molecule has 7 heteroatoms. The van der Waals surface area contributed by atoms with Gasteiger partial charge in [-0.15, -0.1) is 22.7 Å². The van der Waals surface area contributed by atoms with Crippen LogP contribution in [-0.2, 0) is 10.8 Å². The zero-order valence-corrected chi connectivity index (χ0v) is 60.7. The van der Waals surface area contributed by atoms with E-state index in [1.165, 1.54) is 187 Å². The maximum atomic E-state index is 3.66. The van der Waals surface area contributed by atoms with Gasteiger partial charge in [0, 0.05) is 117 Å². The van der Waals surface area contributed by atoms with Crippen molar-refractivity contribution in [3.8, 4) is 11.4 Å². The number of anilines is 5. The molecule has 103 heavy (non-hydrogen) atoms. The number of halogens is 1. The maximum absolute atomic E-state index is 3.66. The van der Waals surface area contributed by atoms with Crippen LogP contribution in [0.2, 0.25) is 0 Å². The van der Waals surface area contributed by atoms with Crippen LogP contribution in [0.3, 0.4) is 0 Å². The summed E-state index contributed by atoms with van der Waals surface area (Å²) in [5, 5.41) is 14.0. The number of hydrogen-bond donors (Lipinski definition) is 1. The fourth-order valence-corrected chi connectivity index (χ4v) is 19.6. The molecule has 1 N–H and O–H groups in total. The summed E-state index contributed by atoms with van der Waals surface area (Å²) >= 11 is 7.26. The smallest absolute Gasteiger partial charge is 0.0561 e. The predicted molar refractivity (Wildman–Crippen MR) is 447 cm³/mol. The predicted octanol–water partition coefficient (Wildman–Crippen LogP) is 28.5. The highest BCUT2D eigenvalue weighted by molar-refractivity contribution is 9.10. The molecule has 0 radical (unpaired) electrons. The van der Waals surface area contributed by atoms with Gasteiger partial charge in [0.25, 0.3) is 0 Å². The van der Waals surface area contributed by atoms with Gasteiger partial charge < -0.3 is 19.4 Å². The first-order valence-corrected chi connectivity index (χ1v) is 38.9. The zero-order valence-electron chi connectivity index (χ0n) is 57.4. The fourth-order valence-electron chi connectivity index (χ4n) is 17.1. The van der Waals surface area contributed by atoms with Crippen molar-refractivity contribution in [1.29, 1.82) is 0 Å². The van der Waals surface area contributed by atoms with Gasteiger partial charge in [0.2, 0.25) is 0 Å². The molecule has 2 saturated carbocycles. The molecule has 0 bridgehead atoms. The van der Waals surface area contributed by atoms with Crippen LogP contribution in [-0.4, -0.2) is 9.13 Å². The minimum Gasteiger partial charge on any atom is -0.355 e. The van der Waals surface area contributed by atoms with Crippen molar-refractivity contribution in [3.63, 3.8) is 0 Å². The monoisotopic (exact) mass is 1430 g/mol. The Kier molecular flexibility index (Phi) is 17.4. The number of hydrogen-bond acceptors (Lipinski definition) is 4. The van der Waals surface area contributed by atoms with Gasteiger partial charge in [0.1, 0.15) is 0 Å². The van der Waals surface area contributed by atoms with E-state index in [9.17, 15) is 0 Å². The molecular formula is C96H77BrN4S2. The first-order chi connectivity index (χ1) is 50.9. The van der Waals surface area contributed by atoms with Crippen molar-refractivity contribution >= 4 is 151 Å². The van der Waals surface area contributed by atoms with E-state index in [1.54, 1.807) is 0 Å². The van der Waals surface area contributed by atoms with Gasteiger partial charge in [-0.3, -0.25) is 0 Å². The summed E-state index contributed by atoms with van der Waals surface area (Å²) in [6.45, 7) is 0. The summed E-state index contributed by atoms with van der Waals surface area (Å²) in [6.07, 6.45) is 12.9. The SMILES string of the molecule is Brc1ccc(C2(c3ccccc3)CCCCC2)cc1.c1ccc(-n2c3ccccc3c3ccc(N(c4ccc(C5(c6ccccc6)CCCCC5)cc4)c4ccc5sc6ccccc6c5c4)cc32)cc1.c1ccc(-n2c3ccccc3c3ccc(Nc4ccc5sc6ccccc6c5c4)cc32)cc1. The van der Waals surface area contributed by atoms with Crippen molar-refractivity contribution < 1.29 is 0 Å². The molecule has 4 aromatic heterocycles. The van der Waals surface area contributed by atoms with Crippen LogP contribution in [0.15, 0.2) is 344 Å². The molecule has 0 spiro atoms. The number of para-hydroxylation sites is 4. The Bertz CT molecular complexity index is 6040. The molecule has 14 aromatic carbocycles. The van der Waals surface area contributed by atoms with Gasteiger partial charge in [0.05, 0.1) is 22.1 Å². The van der Waals surface area contributed by atoms with Crippen LogP contribution in [0.5, 0.6) is 0 Å². The zero-order chi connectivity index (χ0) is 68.7. The molecule has 18 aromatic rings. The summed E-state index contributed by atoms with van der Waals surface area (Å²) in [5.74, 6) is 0. The second kappa shape index (κ2) is 27.9. The number of nitrogens with zero attached hydrogens (tertiary/aromatic N) is 3. The lowest BCUT2D eigenvalue weighted by atomic mass is 9.65. The van der Waals surface area contributed by atoms with Crippen LogP contribution in [0.4, 0.5) is 28.4 Å². The van der Waals surface area contributed by atoms with Crippen molar-refractivity contribution in [2.45, 2.75) is 75.0 Å². The first-order valence-electron chi connectivity index (χ1n) is 36.5. The molecule has 4 nitrogen and oxygen atoms in total. The molecule has 500 valence electrons. The highest BCUT2D eigenvalue weighted by Crippen LogP contribution is 2.49. The van der Waals surface area contributed by atoms with E-state index in [2.05, 4.69) is 375 Å². The summed E-state index contributed by atoms with van der Waals surface area (Å²) in [7, 11) is 0. The molecule has 0 amide bonds. The highest BCUT2D eigenvalue weighted by Gasteiger charge is 2.37. The van der Waals surface area contributed by atoms with E-state index in [4.69, 9.17) is 0 Å². The second-order valence-electron chi connectivity index (χ2n) is 27.9. The third-order valence-corrected chi connectivity index (χ3v) is 24.9. The summed E-state index contributed by atoms with van der Waals surface area (Å²) < 4.78 is 11.2. The lowest BCUT2D eigenvalue weighted by molar-refractivity contribution is 0.346. The Morgan fingerprint density at radius 2 is 0.631 bits per heavy atom. The Morgan fingerprint density at radius 3 is 1.17 bits per heavy atom. The Labute approximate surface area is 618 Å². The number of aromatic nitrogens is 2. The van der Waals surface area contributed by atoms with Crippen molar-refractivity contribution in [2.24, 2.45) is 0 Å². The number of nitrogens with one attached hydrogen (secondary N) is 1. The molecule has 20 rings (SSSR count). The van der Waals surface area contributed by atoms with E-state index < -0.39 is 0 Å². The van der Waals surface area contributed by atoms with Crippen LogP contribution in [0, 0.1) is 0 Å². The summed E-state index contributed by atoms with van der Waals surface area (Å²) in [6, 6.07) is 124. The van der Waals surface area contributed by atoms with Crippen LogP contribution in [0.25, 0.3) is 95.3 Å². The fraction of sp³-hybridized carbons (Fsp3) is 0.125. The standard InChI is InChI=1S/C48H38N2S.C30H20N2S.C18H19Br/c1-4-14-34(15-5-1)48(30-12-3-13-31-48)35-22-24-37(25-23-35)49(38-27-29-47-43(32-38)42-19-9-11-21-46(42)51-47)39-26-28-41-40-18-8-10-20-44(40)50(45(41)33-39)36-16-6-2-7-17-36;1-2-8-22(9-3-1)32-27-12-6-4-10-23(27)24-16-14-21(19-28(24)32)31-20-15-17-30-26(18-20)25-11-5-7-13-29(25)33-30;19-17-11-9-16(10-12-17)18(13-5-2-6-14-18)15-7-3-1-4-8-15/h1-2,4-11,14-29,32-33H,3,12-13,30-31H2;1-19,31H;1,3-4,7-12H,2,5-6,13-14H2. The van der Waals surface area contributed by atoms with E-state index >= 15 is 0 Å². The van der Waals surface area contributed by atoms with E-state index in [-0.39, 0.29) is 10.8 Å². The van der Waals surface area contributed by atoms with Crippen LogP contribution >= 0.6 is 38.6 Å². The lowest BCUT2D eigenvalue weighted by Gasteiger charge is -2.39. The third kappa shape index (κ3) is 12.1. The van der Waals surface area contributed by atoms with Gasteiger partial charge in [-0.1, -0.05) is 261 Å². The van der Waals surface area contributed by atoms with Gasteiger partial charge >= 0.3 is 0 Å². The summed E-state index contributed by atoms with van der Waals surface area (Å²) in [4.78, 5) is 2.46. The van der Waals surface area contributed by atoms with Crippen LogP contribution in [0.1, 0.15) is 86.5 Å². The van der Waals surface area contributed by atoms with Gasteiger partial charge in [-0.25, -0.2) is 0 Å². The minimum absolute atomic E-state index is 0.0624. The Hall–Kier alpha value is -10.8. The van der Waals surface area contributed by atoms with Gasteiger partial charge in [0.15, 0.2) is 0 Å². The average molecular weight is 1430 g/mol. The molecular weight excluding hydrogens is 1350 g/mol. The minimum atomic E-state index is 0.0624. The van der Waals surface area contributed by atoms with Crippen molar-refractivity contribution in [3.05, 3.63) is 366 Å². The Morgan fingerprint density at radius 1 is 0.272 bits per heavy atom. The largest absolute Gasteiger partial charge is 0.355 e. The van der Waals surface area contributed by atoms with Crippen molar-refractivity contribution in [1.82, 2.24) is 9.13 Å². The van der Waals surface area contributed by atoms with E-state index in [0.717, 1.165) is 27.2 Å². The lowest BCUT2D eigenvalue weighted by Crippen LogP contribution is -2.30. The normalized spacial score (nSPS) is 14.2. The second-order valence-corrected chi connectivity index (χ2v) is 31.0. The van der Waals surface area contributed by atoms with Crippen molar-refractivity contribution in [2.75, 3.05) is 10.2 Å². The number of rotatable bonds is 11. The Balaban J connectivity index is 0.000000124. The quantitative estimate of drug-likeness (QED) is 0.140. The van der Waals surface area contributed by atoms with Crippen LogP contribution < -0.4 is 10.2 Å². The van der Waals surface area contributed by atoms with E-state index in [0.29, 0.717) is 0 Å². The summed E-state index contributed by atoms with van der Waals surface area (Å²) in [5.41, 5.74) is 19.0. The average Bonchev–Trinajstić information content (AvgIpc) is 1.48. The molecule has 0 atom stereocenters. The maximum Gasteiger partial charge on any atom is 0.0561 e. The number of benzene rings is 14. The van der Waals surface area contributed by atoms with E-state index in [1.807, 2.05) is 22.7 Å². The topological polar surface area (TPSA) is 25.1 Å². The number of thiophene rings is 2. The number of fused-ring (bicyclic) bond motifs is 12. The molecule has 4 heterocycles. The van der Waals surface area contributed by atoms with Gasteiger partial charge in [-0.05, 0) is 181 Å². The molecule has 2 aliphatic carbocycles. The third-order valence-electron chi connectivity index (χ3n) is 22.0. The molecule has 2 aliphatic rings. The highest BCUT2D eigenvalue weighted by atomic mass is 79.9. The first kappa shape index (κ1) is 64.3. The molecule has 0 aliphatic heterocycles. The molecule has 0 saturated heterocycles.